The highest BCUT2D eigenvalue weighted by Crippen LogP contribution is 2.31. The summed E-state index contributed by atoms with van der Waals surface area (Å²) in [6, 6.07) is 1.98. The Balaban J connectivity index is 1.37. The molecule has 2 aliphatic rings. The first-order chi connectivity index (χ1) is 12.5. The molecule has 138 valence electrons. The van der Waals surface area contributed by atoms with Gasteiger partial charge >= 0.3 is 0 Å². The Hall–Kier alpha value is -2.09. The number of aromatic nitrogens is 1. The van der Waals surface area contributed by atoms with Gasteiger partial charge in [0.2, 0.25) is 11.8 Å². The van der Waals surface area contributed by atoms with Crippen molar-refractivity contribution in [3.8, 4) is 0 Å². The van der Waals surface area contributed by atoms with E-state index in [1.807, 2.05) is 4.90 Å². The predicted molar refractivity (Wildman–Crippen MR) is 94.8 cm³/mol. The van der Waals surface area contributed by atoms with Crippen LogP contribution in [0, 0.1) is 23.5 Å². The average molecular weight is 379 g/mol. The lowest BCUT2D eigenvalue weighted by Crippen LogP contribution is -2.45. The second-order valence-corrected chi connectivity index (χ2v) is 8.00. The van der Waals surface area contributed by atoms with Gasteiger partial charge in [-0.3, -0.25) is 9.59 Å². The third kappa shape index (κ3) is 3.30. The lowest BCUT2D eigenvalue weighted by atomic mass is 9.83. The van der Waals surface area contributed by atoms with Gasteiger partial charge in [-0.25, -0.2) is 13.8 Å². The average Bonchev–Trinajstić information content (AvgIpc) is 2.96. The minimum atomic E-state index is -0.737. The Kier molecular flexibility index (Phi) is 4.60. The number of piperidine rings is 1. The molecule has 1 saturated carbocycles. The standard InChI is InChI=1S/C18H19F2N3O2S/c19-12-8-13(20)15-14(9-12)26-18(21-15)22-16(24)10-4-6-23(7-5-10)17(25)11-2-1-3-11/h8-11H,1-7H2,(H,21,22,24). The van der Waals surface area contributed by atoms with Crippen LogP contribution in [0.4, 0.5) is 13.9 Å². The summed E-state index contributed by atoms with van der Waals surface area (Å²) in [4.78, 5) is 30.6. The van der Waals surface area contributed by atoms with E-state index in [1.54, 1.807) is 0 Å². The van der Waals surface area contributed by atoms with Gasteiger partial charge < -0.3 is 10.2 Å². The van der Waals surface area contributed by atoms with Crippen molar-refractivity contribution < 1.29 is 18.4 Å². The van der Waals surface area contributed by atoms with Crippen LogP contribution in [0.15, 0.2) is 12.1 Å². The molecule has 1 N–H and O–H groups in total. The van der Waals surface area contributed by atoms with Crippen molar-refractivity contribution in [2.45, 2.75) is 32.1 Å². The second-order valence-electron chi connectivity index (χ2n) is 6.97. The molecule has 1 saturated heterocycles. The van der Waals surface area contributed by atoms with E-state index in [0.717, 1.165) is 36.7 Å². The zero-order valence-electron chi connectivity index (χ0n) is 14.1. The molecule has 2 fully saturated rings. The Morgan fingerprint density at radius 1 is 1.12 bits per heavy atom. The molecule has 0 radical (unpaired) electrons. The van der Waals surface area contributed by atoms with Crippen LogP contribution in [-0.4, -0.2) is 34.8 Å². The highest BCUT2D eigenvalue weighted by molar-refractivity contribution is 7.22. The number of nitrogens with one attached hydrogen (secondary N) is 1. The van der Waals surface area contributed by atoms with E-state index in [1.165, 1.54) is 6.07 Å². The van der Waals surface area contributed by atoms with E-state index in [9.17, 15) is 18.4 Å². The molecule has 1 aliphatic heterocycles. The zero-order valence-corrected chi connectivity index (χ0v) is 15.0. The van der Waals surface area contributed by atoms with E-state index in [4.69, 9.17) is 0 Å². The molecule has 0 atom stereocenters. The van der Waals surface area contributed by atoms with Gasteiger partial charge in [0.15, 0.2) is 10.9 Å². The lowest BCUT2D eigenvalue weighted by molar-refractivity contribution is -0.140. The van der Waals surface area contributed by atoms with Gasteiger partial charge in [-0.1, -0.05) is 17.8 Å². The molecule has 2 heterocycles. The Morgan fingerprint density at radius 3 is 2.50 bits per heavy atom. The number of hydrogen-bond donors (Lipinski definition) is 1. The number of amides is 2. The summed E-state index contributed by atoms with van der Waals surface area (Å²) in [6.45, 7) is 1.18. The third-order valence-electron chi connectivity index (χ3n) is 5.28. The van der Waals surface area contributed by atoms with Crippen LogP contribution < -0.4 is 5.32 Å². The number of carbonyl (C=O) groups excluding carboxylic acids is 2. The van der Waals surface area contributed by atoms with E-state index in [0.29, 0.717) is 30.6 Å². The Bertz CT molecular complexity index is 857. The second kappa shape index (κ2) is 6.90. The van der Waals surface area contributed by atoms with Crippen molar-refractivity contribution in [3.05, 3.63) is 23.8 Å². The molecule has 0 bridgehead atoms. The molecule has 1 aromatic carbocycles. The van der Waals surface area contributed by atoms with Crippen molar-refractivity contribution >= 4 is 38.5 Å². The zero-order chi connectivity index (χ0) is 18.3. The Morgan fingerprint density at radius 2 is 1.85 bits per heavy atom. The number of benzene rings is 1. The summed E-state index contributed by atoms with van der Waals surface area (Å²) in [5.41, 5.74) is 0.0626. The number of hydrogen-bond acceptors (Lipinski definition) is 4. The summed E-state index contributed by atoms with van der Waals surface area (Å²) >= 11 is 1.05. The lowest BCUT2D eigenvalue weighted by Gasteiger charge is -2.36. The van der Waals surface area contributed by atoms with Crippen LogP contribution in [-0.2, 0) is 9.59 Å². The molecular formula is C18H19F2N3O2S. The Labute approximate surface area is 153 Å². The largest absolute Gasteiger partial charge is 0.342 e. The summed E-state index contributed by atoms with van der Waals surface area (Å²) in [5, 5.41) is 2.98. The number of fused-ring (bicyclic) bond motifs is 1. The van der Waals surface area contributed by atoms with Crippen molar-refractivity contribution in [1.82, 2.24) is 9.88 Å². The maximum atomic E-state index is 13.7. The first-order valence-electron chi connectivity index (χ1n) is 8.86. The van der Waals surface area contributed by atoms with Gasteiger partial charge in [0.25, 0.3) is 0 Å². The topological polar surface area (TPSA) is 62.3 Å². The first-order valence-corrected chi connectivity index (χ1v) is 9.68. The van der Waals surface area contributed by atoms with Crippen LogP contribution >= 0.6 is 11.3 Å². The van der Waals surface area contributed by atoms with Crippen LogP contribution in [0.3, 0.4) is 0 Å². The van der Waals surface area contributed by atoms with Crippen LogP contribution in [0.2, 0.25) is 0 Å². The highest BCUT2D eigenvalue weighted by Gasteiger charge is 2.33. The van der Waals surface area contributed by atoms with E-state index < -0.39 is 11.6 Å². The maximum Gasteiger partial charge on any atom is 0.229 e. The monoisotopic (exact) mass is 379 g/mol. The third-order valence-corrected chi connectivity index (χ3v) is 6.19. The van der Waals surface area contributed by atoms with E-state index in [2.05, 4.69) is 10.3 Å². The fraction of sp³-hybridized carbons (Fsp3) is 0.500. The van der Waals surface area contributed by atoms with E-state index >= 15 is 0 Å². The van der Waals surface area contributed by atoms with Crippen molar-refractivity contribution in [1.29, 1.82) is 0 Å². The van der Waals surface area contributed by atoms with E-state index in [-0.39, 0.29) is 34.3 Å². The van der Waals surface area contributed by atoms with Gasteiger partial charge in [-0.05, 0) is 31.7 Å². The molecule has 5 nitrogen and oxygen atoms in total. The summed E-state index contributed by atoms with van der Waals surface area (Å²) in [5.74, 6) is -1.38. The molecule has 2 aromatic rings. The highest BCUT2D eigenvalue weighted by atomic mass is 32.1. The minimum absolute atomic E-state index is 0.0626. The summed E-state index contributed by atoms with van der Waals surface area (Å²) < 4.78 is 27.4. The molecule has 26 heavy (non-hydrogen) atoms. The number of anilines is 1. The number of rotatable bonds is 3. The molecule has 0 spiro atoms. The van der Waals surface area contributed by atoms with Crippen LogP contribution in [0.25, 0.3) is 10.2 Å². The molecule has 2 amide bonds. The fourth-order valence-electron chi connectivity index (χ4n) is 3.49. The quantitative estimate of drug-likeness (QED) is 0.887. The SMILES string of the molecule is O=C(Nc1nc2c(F)cc(F)cc2s1)C1CCN(C(=O)C2CCC2)CC1. The summed E-state index contributed by atoms with van der Waals surface area (Å²) in [6.07, 6.45) is 4.31. The number of halogens is 2. The fourth-order valence-corrected chi connectivity index (χ4v) is 4.40. The molecule has 0 unspecified atom stereocenters. The maximum absolute atomic E-state index is 13.7. The smallest absolute Gasteiger partial charge is 0.229 e. The van der Waals surface area contributed by atoms with Gasteiger partial charge in [0, 0.05) is 31.0 Å². The van der Waals surface area contributed by atoms with Crippen LogP contribution in [0.5, 0.6) is 0 Å². The molecule has 1 aliphatic carbocycles. The van der Waals surface area contributed by atoms with Crippen molar-refractivity contribution in [2.24, 2.45) is 11.8 Å². The number of carbonyl (C=O) groups is 2. The van der Waals surface area contributed by atoms with Gasteiger partial charge in [0.1, 0.15) is 11.3 Å². The molecule has 4 rings (SSSR count). The molecule has 1 aromatic heterocycles. The molecular weight excluding hydrogens is 360 g/mol. The number of likely N-dealkylation sites (tertiary alicyclic amines) is 1. The summed E-state index contributed by atoms with van der Waals surface area (Å²) in [7, 11) is 0. The molecule has 8 heteroatoms. The predicted octanol–water partition coefficient (Wildman–Crippen LogP) is 3.55. The number of nitrogens with zero attached hydrogens (tertiary/aromatic N) is 2. The van der Waals surface area contributed by atoms with Crippen molar-refractivity contribution in [3.63, 3.8) is 0 Å². The van der Waals surface area contributed by atoms with Gasteiger partial charge in [-0.2, -0.15) is 0 Å². The van der Waals surface area contributed by atoms with Gasteiger partial charge in [-0.15, -0.1) is 0 Å². The van der Waals surface area contributed by atoms with Crippen LogP contribution in [0.1, 0.15) is 32.1 Å². The normalized spacial score (nSPS) is 18.8. The van der Waals surface area contributed by atoms with Gasteiger partial charge in [0.05, 0.1) is 4.70 Å². The first kappa shape index (κ1) is 17.3. The van der Waals surface area contributed by atoms with Crippen molar-refractivity contribution in [2.75, 3.05) is 18.4 Å². The minimum Gasteiger partial charge on any atom is -0.342 e. The number of thiazole rings is 1.